The largest absolute Gasteiger partial charge is 0.465 e. The van der Waals surface area contributed by atoms with Gasteiger partial charge in [-0.2, -0.15) is 0 Å². The first-order chi connectivity index (χ1) is 23.9. The van der Waals surface area contributed by atoms with E-state index in [4.69, 9.17) is 28.4 Å². The molecular weight excluding hydrogens is 666 g/mol. The molecule has 15 heteroatoms. The predicted molar refractivity (Wildman–Crippen MR) is 189 cm³/mol. The van der Waals surface area contributed by atoms with Crippen molar-refractivity contribution in [3.8, 4) is 0 Å². The zero-order valence-corrected chi connectivity index (χ0v) is 31.4. The highest BCUT2D eigenvalue weighted by Gasteiger charge is 2.34. The molecule has 0 aliphatic heterocycles. The van der Waals surface area contributed by atoms with Crippen LogP contribution < -0.4 is 16.0 Å². The van der Waals surface area contributed by atoms with Crippen LogP contribution in [0.2, 0.25) is 0 Å². The number of rotatable bonds is 28. The Morgan fingerprint density at radius 2 is 0.765 bits per heavy atom. The Labute approximate surface area is 302 Å². The van der Waals surface area contributed by atoms with Gasteiger partial charge in [-0.15, -0.1) is 0 Å². The topological polar surface area (TPSA) is 194 Å². The Morgan fingerprint density at radius 1 is 0.510 bits per heavy atom. The molecule has 3 N–H and O–H groups in total. The van der Waals surface area contributed by atoms with E-state index in [1.54, 1.807) is 48.5 Å². The molecular formula is C36H59N3O12. The van der Waals surface area contributed by atoms with Gasteiger partial charge in [0.2, 0.25) is 0 Å². The third kappa shape index (κ3) is 23.1. The van der Waals surface area contributed by atoms with Crippen molar-refractivity contribution in [1.82, 2.24) is 16.0 Å². The van der Waals surface area contributed by atoms with Crippen molar-refractivity contribution in [3.63, 3.8) is 0 Å². The molecule has 0 aliphatic carbocycles. The van der Waals surface area contributed by atoms with E-state index in [1.807, 2.05) is 0 Å². The average molecular weight is 726 g/mol. The molecule has 0 amide bonds. The molecule has 3 unspecified atom stereocenters. The summed E-state index contributed by atoms with van der Waals surface area (Å²) in [7, 11) is 0. The van der Waals surface area contributed by atoms with Crippen LogP contribution >= 0.6 is 0 Å². The summed E-state index contributed by atoms with van der Waals surface area (Å²) in [5.74, 6) is -3.08. The Balaban J connectivity index is 5.11. The quantitative estimate of drug-likeness (QED) is 0.0605. The normalized spacial score (nSPS) is 13.7. The van der Waals surface area contributed by atoms with Crippen molar-refractivity contribution in [3.05, 3.63) is 36.5 Å². The molecule has 290 valence electrons. The van der Waals surface area contributed by atoms with Crippen LogP contribution in [0.25, 0.3) is 0 Å². The summed E-state index contributed by atoms with van der Waals surface area (Å²) in [6.45, 7) is 23.0. The monoisotopic (exact) mass is 725 g/mol. The standard InChI is InChI=1S/C36H59N3O12/c1-11-36(21-49-30(40)12-15-37-27(8)18-46-33(43)24(2)3,22-50-31(41)13-16-38-28(9)19-47-34(44)25(4)5)23-51-32(42)14-17-39-29(10)20-48-35(45)26(6)7/h27-29,37-39H,2,4,6,11-23H2,1,3,5,7-10H3. The van der Waals surface area contributed by atoms with Gasteiger partial charge < -0.3 is 44.4 Å². The zero-order valence-electron chi connectivity index (χ0n) is 31.4. The Bertz CT molecular complexity index is 1060. The first-order valence-electron chi connectivity index (χ1n) is 17.1. The summed E-state index contributed by atoms with van der Waals surface area (Å²) >= 11 is 0. The lowest BCUT2D eigenvalue weighted by atomic mass is 9.88. The van der Waals surface area contributed by atoms with Crippen LogP contribution in [0.1, 0.15) is 74.1 Å². The van der Waals surface area contributed by atoms with Crippen molar-refractivity contribution >= 4 is 35.8 Å². The lowest BCUT2D eigenvalue weighted by Crippen LogP contribution is -2.40. The fourth-order valence-electron chi connectivity index (χ4n) is 3.76. The van der Waals surface area contributed by atoms with Crippen LogP contribution in [0.15, 0.2) is 36.5 Å². The van der Waals surface area contributed by atoms with Gasteiger partial charge in [-0.3, -0.25) is 14.4 Å². The van der Waals surface area contributed by atoms with Crippen LogP contribution in [0.3, 0.4) is 0 Å². The average Bonchev–Trinajstić information content (AvgIpc) is 3.08. The highest BCUT2D eigenvalue weighted by atomic mass is 16.6. The fraction of sp³-hybridized carbons (Fsp3) is 0.667. The van der Waals surface area contributed by atoms with Gasteiger partial charge in [0.05, 0.1) is 24.7 Å². The van der Waals surface area contributed by atoms with Gasteiger partial charge in [-0.1, -0.05) is 26.7 Å². The maximum atomic E-state index is 12.6. The van der Waals surface area contributed by atoms with Crippen molar-refractivity contribution in [2.45, 2.75) is 92.3 Å². The summed E-state index contributed by atoms with van der Waals surface area (Å²) < 4.78 is 31.9. The van der Waals surface area contributed by atoms with Gasteiger partial charge in [0.25, 0.3) is 0 Å². The minimum atomic E-state index is -1.02. The van der Waals surface area contributed by atoms with Gasteiger partial charge in [-0.25, -0.2) is 14.4 Å². The van der Waals surface area contributed by atoms with Gasteiger partial charge >= 0.3 is 35.8 Å². The number of carbonyl (C=O) groups is 6. The Morgan fingerprint density at radius 3 is 0.980 bits per heavy atom. The van der Waals surface area contributed by atoms with E-state index in [-0.39, 0.29) is 113 Å². The van der Waals surface area contributed by atoms with Crippen LogP contribution in [-0.4, -0.2) is 113 Å². The molecule has 0 saturated heterocycles. The summed E-state index contributed by atoms with van der Waals surface area (Å²) in [6, 6.07) is -0.660. The molecule has 0 radical (unpaired) electrons. The fourth-order valence-corrected chi connectivity index (χ4v) is 3.76. The summed E-state index contributed by atoms with van der Waals surface area (Å²) in [4.78, 5) is 72.6. The molecule has 0 aromatic rings. The molecule has 0 spiro atoms. The zero-order chi connectivity index (χ0) is 39.0. The number of nitrogens with one attached hydrogen (secondary N) is 3. The van der Waals surface area contributed by atoms with E-state index >= 15 is 0 Å². The van der Waals surface area contributed by atoms with Gasteiger partial charge in [0.1, 0.15) is 39.6 Å². The number of hydrogen-bond donors (Lipinski definition) is 3. The van der Waals surface area contributed by atoms with Crippen molar-refractivity contribution < 1.29 is 57.2 Å². The van der Waals surface area contributed by atoms with Crippen LogP contribution in [-0.2, 0) is 57.2 Å². The molecule has 0 saturated carbocycles. The van der Waals surface area contributed by atoms with Crippen LogP contribution in [0.4, 0.5) is 0 Å². The van der Waals surface area contributed by atoms with E-state index in [2.05, 4.69) is 35.7 Å². The van der Waals surface area contributed by atoms with E-state index in [1.165, 1.54) is 0 Å². The van der Waals surface area contributed by atoms with Crippen molar-refractivity contribution in [2.75, 3.05) is 59.3 Å². The molecule has 51 heavy (non-hydrogen) atoms. The Hall–Kier alpha value is -4.08. The smallest absolute Gasteiger partial charge is 0.333 e. The van der Waals surface area contributed by atoms with E-state index in [0.29, 0.717) is 6.42 Å². The molecule has 0 rings (SSSR count). The third-order valence-electron chi connectivity index (χ3n) is 7.27. The maximum absolute atomic E-state index is 12.6. The SMILES string of the molecule is C=C(C)C(=O)OCC(C)NCCC(=O)OCC(CC)(COC(=O)CCNC(C)COC(=O)C(=C)C)COC(=O)CCNC(C)COC(=O)C(=C)C. The molecule has 3 atom stereocenters. The second-order valence-corrected chi connectivity index (χ2v) is 12.8. The number of hydrogen-bond acceptors (Lipinski definition) is 15. The van der Waals surface area contributed by atoms with Gasteiger partial charge in [-0.05, 0) is 48.0 Å². The van der Waals surface area contributed by atoms with E-state index < -0.39 is 41.2 Å². The summed E-state index contributed by atoms with van der Waals surface area (Å²) in [5, 5.41) is 9.23. The minimum absolute atomic E-state index is 0.00914. The van der Waals surface area contributed by atoms with Crippen LogP contribution in [0, 0.1) is 5.41 Å². The lowest BCUT2D eigenvalue weighted by molar-refractivity contribution is -0.162. The van der Waals surface area contributed by atoms with Crippen LogP contribution in [0.5, 0.6) is 0 Å². The van der Waals surface area contributed by atoms with E-state index in [9.17, 15) is 28.8 Å². The first-order valence-corrected chi connectivity index (χ1v) is 17.1. The second kappa shape index (κ2) is 25.8. The highest BCUT2D eigenvalue weighted by molar-refractivity contribution is 5.87. The van der Waals surface area contributed by atoms with Crippen molar-refractivity contribution in [2.24, 2.45) is 5.41 Å². The first kappa shape index (κ1) is 46.9. The minimum Gasteiger partial charge on any atom is -0.465 e. The predicted octanol–water partition coefficient (Wildman–Crippen LogP) is 2.47. The maximum Gasteiger partial charge on any atom is 0.333 e. The second-order valence-electron chi connectivity index (χ2n) is 12.8. The number of ether oxygens (including phenoxy) is 6. The molecule has 15 nitrogen and oxygen atoms in total. The summed E-state index contributed by atoms with van der Waals surface area (Å²) in [6.07, 6.45) is 0.372. The highest BCUT2D eigenvalue weighted by Crippen LogP contribution is 2.25. The third-order valence-corrected chi connectivity index (χ3v) is 7.27. The molecule has 0 fully saturated rings. The number of esters is 6. The molecule has 0 aliphatic rings. The van der Waals surface area contributed by atoms with Crippen molar-refractivity contribution in [1.29, 1.82) is 0 Å². The summed E-state index contributed by atoms with van der Waals surface area (Å²) in [5.41, 5.74) is -0.155. The molecule has 0 aromatic heterocycles. The number of carbonyl (C=O) groups excluding carboxylic acids is 6. The van der Waals surface area contributed by atoms with E-state index in [0.717, 1.165) is 0 Å². The van der Waals surface area contributed by atoms with Gasteiger partial charge in [0, 0.05) is 54.5 Å². The lowest BCUT2D eigenvalue weighted by Gasteiger charge is -2.31. The van der Waals surface area contributed by atoms with Gasteiger partial charge in [0.15, 0.2) is 0 Å². The molecule has 0 bridgehead atoms. The Kier molecular flexibility index (Phi) is 23.7. The molecule has 0 aromatic carbocycles. The molecule has 0 heterocycles.